The lowest BCUT2D eigenvalue weighted by Crippen LogP contribution is -2.26. The van der Waals surface area contributed by atoms with Gasteiger partial charge in [0.15, 0.2) is 0 Å². The molecule has 100 valence electrons. The van der Waals surface area contributed by atoms with Gasteiger partial charge in [0, 0.05) is 11.6 Å². The van der Waals surface area contributed by atoms with Gasteiger partial charge in [-0.05, 0) is 42.9 Å². The van der Waals surface area contributed by atoms with E-state index in [0.29, 0.717) is 11.7 Å². The van der Waals surface area contributed by atoms with E-state index in [0.717, 1.165) is 24.3 Å². The molecule has 1 aliphatic rings. The lowest BCUT2D eigenvalue weighted by Gasteiger charge is -2.31. The molecule has 2 N–H and O–H groups in total. The lowest BCUT2D eigenvalue weighted by molar-refractivity contribution is 0.252. The summed E-state index contributed by atoms with van der Waals surface area (Å²) < 4.78 is 18.6. The zero-order valence-electron chi connectivity index (χ0n) is 11.2. The van der Waals surface area contributed by atoms with Crippen LogP contribution in [0.25, 0.3) is 0 Å². The number of ether oxygens (including phenoxy) is 1. The minimum atomic E-state index is -0.245. The van der Waals surface area contributed by atoms with Crippen molar-refractivity contribution in [1.82, 2.24) is 0 Å². The number of benzene rings is 1. The molecule has 1 fully saturated rings. The number of halogens is 1. The number of nitrogens with two attached hydrogens (primary N) is 1. The average molecular weight is 251 g/mol. The molecule has 1 aromatic rings. The molecule has 2 nitrogen and oxygen atoms in total. The highest BCUT2D eigenvalue weighted by molar-refractivity contribution is 5.36. The van der Waals surface area contributed by atoms with Gasteiger partial charge in [0.25, 0.3) is 0 Å². The van der Waals surface area contributed by atoms with Crippen molar-refractivity contribution in [3.05, 3.63) is 29.6 Å². The zero-order valence-corrected chi connectivity index (χ0v) is 11.2. The largest absolute Gasteiger partial charge is 0.496 e. The Kier molecular flexibility index (Phi) is 4.23. The smallest absolute Gasteiger partial charge is 0.123 e. The molecule has 1 atom stereocenters. The molecular weight excluding hydrogens is 229 g/mol. The third kappa shape index (κ3) is 2.83. The molecule has 0 aromatic heterocycles. The fraction of sp³-hybridized carbons (Fsp3) is 0.600. The Hall–Kier alpha value is -1.09. The van der Waals surface area contributed by atoms with Crippen molar-refractivity contribution in [2.45, 2.75) is 38.6 Å². The van der Waals surface area contributed by atoms with Gasteiger partial charge < -0.3 is 10.5 Å². The first-order chi connectivity index (χ1) is 8.61. The predicted octanol–water partition coefficient (Wildman–Crippen LogP) is 3.66. The third-order valence-corrected chi connectivity index (χ3v) is 4.12. The van der Waals surface area contributed by atoms with Crippen LogP contribution in [0.15, 0.2) is 18.2 Å². The minimum Gasteiger partial charge on any atom is -0.496 e. The molecule has 1 saturated carbocycles. The summed E-state index contributed by atoms with van der Waals surface area (Å²) in [6, 6.07) is 4.47. The van der Waals surface area contributed by atoms with Crippen LogP contribution in [0.1, 0.15) is 44.2 Å². The number of rotatable bonds is 3. The third-order valence-electron chi connectivity index (χ3n) is 4.12. The van der Waals surface area contributed by atoms with Crippen LogP contribution < -0.4 is 10.5 Å². The summed E-state index contributed by atoms with van der Waals surface area (Å²) in [6.07, 6.45) is 4.69. The van der Waals surface area contributed by atoms with Gasteiger partial charge in [0.1, 0.15) is 11.6 Å². The van der Waals surface area contributed by atoms with Crippen LogP contribution >= 0.6 is 0 Å². The van der Waals surface area contributed by atoms with Crippen LogP contribution in [-0.2, 0) is 0 Å². The van der Waals surface area contributed by atoms with E-state index in [4.69, 9.17) is 10.5 Å². The maximum absolute atomic E-state index is 13.4. The standard InChI is InChI=1S/C15H22FNO/c1-10-3-5-11(6-4-10)15(17)13-9-12(16)7-8-14(13)18-2/h7-11,15H,3-6,17H2,1-2H3. The van der Waals surface area contributed by atoms with E-state index in [1.807, 2.05) is 0 Å². The highest BCUT2D eigenvalue weighted by Gasteiger charge is 2.26. The molecule has 1 aliphatic carbocycles. The summed E-state index contributed by atoms with van der Waals surface area (Å²) in [5.41, 5.74) is 7.12. The highest BCUT2D eigenvalue weighted by atomic mass is 19.1. The van der Waals surface area contributed by atoms with Crippen LogP contribution in [0.4, 0.5) is 4.39 Å². The summed E-state index contributed by atoms with van der Waals surface area (Å²) in [5, 5.41) is 0. The molecule has 0 spiro atoms. The van der Waals surface area contributed by atoms with E-state index in [1.165, 1.54) is 25.0 Å². The maximum Gasteiger partial charge on any atom is 0.123 e. The number of methoxy groups -OCH3 is 1. The van der Waals surface area contributed by atoms with Crippen molar-refractivity contribution in [1.29, 1.82) is 0 Å². The summed E-state index contributed by atoms with van der Waals surface area (Å²) in [7, 11) is 1.60. The first kappa shape index (κ1) is 13.3. The fourth-order valence-corrected chi connectivity index (χ4v) is 2.86. The van der Waals surface area contributed by atoms with Gasteiger partial charge in [-0.1, -0.05) is 19.8 Å². The molecule has 2 rings (SSSR count). The van der Waals surface area contributed by atoms with Gasteiger partial charge in [-0.15, -0.1) is 0 Å². The maximum atomic E-state index is 13.4. The lowest BCUT2D eigenvalue weighted by atomic mass is 9.77. The first-order valence-corrected chi connectivity index (χ1v) is 6.71. The molecule has 0 radical (unpaired) electrons. The molecule has 18 heavy (non-hydrogen) atoms. The van der Waals surface area contributed by atoms with Gasteiger partial charge in [-0.25, -0.2) is 4.39 Å². The Balaban J connectivity index is 2.17. The van der Waals surface area contributed by atoms with Crippen LogP contribution in [0, 0.1) is 17.7 Å². The number of hydrogen-bond acceptors (Lipinski definition) is 2. The topological polar surface area (TPSA) is 35.2 Å². The van der Waals surface area contributed by atoms with Crippen molar-refractivity contribution in [2.75, 3.05) is 7.11 Å². The van der Waals surface area contributed by atoms with E-state index in [9.17, 15) is 4.39 Å². The zero-order chi connectivity index (χ0) is 13.1. The summed E-state index contributed by atoms with van der Waals surface area (Å²) in [4.78, 5) is 0. The van der Waals surface area contributed by atoms with Crippen molar-refractivity contribution in [3.63, 3.8) is 0 Å². The molecule has 3 heteroatoms. The monoisotopic (exact) mass is 251 g/mol. The molecule has 0 aliphatic heterocycles. The normalized spacial score (nSPS) is 25.8. The quantitative estimate of drug-likeness (QED) is 0.889. The second-order valence-corrected chi connectivity index (χ2v) is 5.43. The van der Waals surface area contributed by atoms with E-state index in [1.54, 1.807) is 13.2 Å². The van der Waals surface area contributed by atoms with Gasteiger partial charge in [-0.2, -0.15) is 0 Å². The summed E-state index contributed by atoms with van der Waals surface area (Å²) in [5.74, 6) is 1.69. The van der Waals surface area contributed by atoms with Crippen LogP contribution in [0.5, 0.6) is 5.75 Å². The van der Waals surface area contributed by atoms with Crippen LogP contribution in [-0.4, -0.2) is 7.11 Å². The Morgan fingerprint density at radius 3 is 2.56 bits per heavy atom. The summed E-state index contributed by atoms with van der Waals surface area (Å²) >= 11 is 0. The highest BCUT2D eigenvalue weighted by Crippen LogP contribution is 2.38. The van der Waals surface area contributed by atoms with Gasteiger partial charge in [0.2, 0.25) is 0 Å². The molecule has 0 saturated heterocycles. The second-order valence-electron chi connectivity index (χ2n) is 5.43. The summed E-state index contributed by atoms with van der Waals surface area (Å²) in [6.45, 7) is 2.28. The Morgan fingerprint density at radius 1 is 1.28 bits per heavy atom. The van der Waals surface area contributed by atoms with Gasteiger partial charge in [0.05, 0.1) is 7.11 Å². The van der Waals surface area contributed by atoms with Crippen molar-refractivity contribution in [2.24, 2.45) is 17.6 Å². The average Bonchev–Trinajstić information content (AvgIpc) is 2.39. The van der Waals surface area contributed by atoms with Gasteiger partial charge in [-0.3, -0.25) is 0 Å². The minimum absolute atomic E-state index is 0.122. The Labute approximate surface area is 108 Å². The molecule has 0 amide bonds. The predicted molar refractivity (Wildman–Crippen MR) is 71.0 cm³/mol. The molecule has 1 unspecified atom stereocenters. The van der Waals surface area contributed by atoms with Crippen molar-refractivity contribution >= 4 is 0 Å². The van der Waals surface area contributed by atoms with E-state index in [-0.39, 0.29) is 11.9 Å². The number of hydrogen-bond donors (Lipinski definition) is 1. The molecule has 0 heterocycles. The Bertz CT molecular complexity index is 399. The Morgan fingerprint density at radius 2 is 1.94 bits per heavy atom. The van der Waals surface area contributed by atoms with E-state index < -0.39 is 0 Å². The molecular formula is C15H22FNO. The van der Waals surface area contributed by atoms with E-state index >= 15 is 0 Å². The van der Waals surface area contributed by atoms with Crippen molar-refractivity contribution < 1.29 is 9.13 Å². The van der Waals surface area contributed by atoms with Crippen LogP contribution in [0.2, 0.25) is 0 Å². The SMILES string of the molecule is COc1ccc(F)cc1C(N)C1CCC(C)CC1. The van der Waals surface area contributed by atoms with Crippen molar-refractivity contribution in [3.8, 4) is 5.75 Å². The molecule has 1 aromatic carbocycles. The first-order valence-electron chi connectivity index (χ1n) is 6.71. The van der Waals surface area contributed by atoms with E-state index in [2.05, 4.69) is 6.92 Å². The second kappa shape index (κ2) is 5.70. The fourth-order valence-electron chi connectivity index (χ4n) is 2.86. The van der Waals surface area contributed by atoms with Gasteiger partial charge >= 0.3 is 0 Å². The van der Waals surface area contributed by atoms with Crippen LogP contribution in [0.3, 0.4) is 0 Å². The molecule has 0 bridgehead atoms.